The van der Waals surface area contributed by atoms with Gasteiger partial charge in [-0.2, -0.15) is 20.2 Å². The predicted molar refractivity (Wildman–Crippen MR) is 24.8 cm³/mol. The van der Waals surface area contributed by atoms with Crippen molar-refractivity contribution in [3.8, 4) is 0 Å². The molecule has 53 valence electrons. The molecule has 0 bridgehead atoms. The average Bonchev–Trinajstić information content (AvgIpc) is 1.59. The molecule has 0 aliphatic heterocycles. The third-order valence-electron chi connectivity index (χ3n) is 0.619. The minimum Gasteiger partial charge on any atom is -0.665 e. The Hall–Kier alpha value is 0.854. The molecular weight excluding hydrogens is 208 g/mol. The summed E-state index contributed by atoms with van der Waals surface area (Å²) in [6.07, 6.45) is -4.84. The van der Waals surface area contributed by atoms with Crippen molar-refractivity contribution < 1.29 is 45.9 Å². The van der Waals surface area contributed by atoms with Crippen LogP contribution in [-0.2, 0) is 32.7 Å². The summed E-state index contributed by atoms with van der Waals surface area (Å²) in [7, 11) is 1.37. The fraction of sp³-hybridized carbons (Fsp3) is 1.00. The van der Waals surface area contributed by atoms with Crippen LogP contribution in [0, 0.1) is 0 Å². The molecular formula is C4H7F3NY-. The first-order valence-corrected chi connectivity index (χ1v) is 2.18. The number of rotatable bonds is 2. The van der Waals surface area contributed by atoms with Crippen LogP contribution in [0.2, 0.25) is 0 Å². The van der Waals surface area contributed by atoms with Gasteiger partial charge in [-0.3, -0.25) is 0 Å². The van der Waals surface area contributed by atoms with Crippen LogP contribution in [0.1, 0.15) is 6.42 Å². The van der Waals surface area contributed by atoms with E-state index in [0.717, 1.165) is 0 Å². The van der Waals surface area contributed by atoms with Crippen molar-refractivity contribution in [2.75, 3.05) is 13.6 Å². The van der Waals surface area contributed by atoms with E-state index in [-0.39, 0.29) is 39.3 Å². The molecule has 0 aromatic heterocycles. The van der Waals surface area contributed by atoms with Gasteiger partial charge in [0.15, 0.2) is 0 Å². The van der Waals surface area contributed by atoms with E-state index in [4.69, 9.17) is 0 Å². The molecule has 5 heteroatoms. The molecule has 0 aromatic rings. The van der Waals surface area contributed by atoms with Crippen LogP contribution >= 0.6 is 0 Å². The van der Waals surface area contributed by atoms with E-state index in [2.05, 4.69) is 5.32 Å². The summed E-state index contributed by atoms with van der Waals surface area (Å²) < 4.78 is 33.5. The van der Waals surface area contributed by atoms with Crippen LogP contribution in [0.3, 0.4) is 0 Å². The Morgan fingerprint density at radius 3 is 1.89 bits per heavy atom. The van der Waals surface area contributed by atoms with E-state index in [9.17, 15) is 13.2 Å². The van der Waals surface area contributed by atoms with Crippen LogP contribution in [-0.4, -0.2) is 19.8 Å². The molecule has 0 N–H and O–H groups in total. The second kappa shape index (κ2) is 5.62. The smallest absolute Gasteiger partial charge is 0.387 e. The molecule has 9 heavy (non-hydrogen) atoms. The van der Waals surface area contributed by atoms with Crippen molar-refractivity contribution in [2.45, 2.75) is 12.6 Å². The van der Waals surface area contributed by atoms with Gasteiger partial charge in [-0.15, -0.1) is 6.54 Å². The van der Waals surface area contributed by atoms with E-state index >= 15 is 0 Å². The van der Waals surface area contributed by atoms with Gasteiger partial charge in [-0.1, -0.05) is 0 Å². The van der Waals surface area contributed by atoms with Crippen molar-refractivity contribution in [3.05, 3.63) is 5.32 Å². The number of nitrogens with zero attached hydrogens (tertiary/aromatic N) is 1. The fourth-order valence-corrected chi connectivity index (χ4v) is 0.239. The molecule has 0 rings (SSSR count). The largest absolute Gasteiger partial charge is 0.665 e. The molecule has 0 saturated carbocycles. The first-order valence-electron chi connectivity index (χ1n) is 2.18. The van der Waals surface area contributed by atoms with Gasteiger partial charge < -0.3 is 5.32 Å². The maximum absolute atomic E-state index is 11.2. The van der Waals surface area contributed by atoms with Gasteiger partial charge in [0, 0.05) is 39.1 Å². The van der Waals surface area contributed by atoms with Crippen LogP contribution in [0.4, 0.5) is 13.2 Å². The summed E-state index contributed by atoms with van der Waals surface area (Å²) in [6, 6.07) is 0. The summed E-state index contributed by atoms with van der Waals surface area (Å²) in [6.45, 7) is -0.122. The molecule has 1 radical (unpaired) electrons. The van der Waals surface area contributed by atoms with Crippen molar-refractivity contribution in [1.82, 2.24) is 0 Å². The topological polar surface area (TPSA) is 14.1 Å². The van der Waals surface area contributed by atoms with Crippen molar-refractivity contribution in [1.29, 1.82) is 0 Å². The first kappa shape index (κ1) is 12.5. The molecule has 0 fully saturated rings. The standard InChI is InChI=1S/C4H7F3N.Y/c1-8-3-2-4(5,6)7;/h2-3H2,1H3;/q-1;. The second-order valence-corrected chi connectivity index (χ2v) is 1.41. The Morgan fingerprint density at radius 2 is 1.78 bits per heavy atom. The summed E-state index contributed by atoms with van der Waals surface area (Å²) >= 11 is 0. The van der Waals surface area contributed by atoms with Crippen LogP contribution < -0.4 is 0 Å². The first-order chi connectivity index (χ1) is 3.56. The molecule has 0 saturated heterocycles. The van der Waals surface area contributed by atoms with E-state index in [1.54, 1.807) is 0 Å². The summed E-state index contributed by atoms with van der Waals surface area (Å²) in [5, 5.41) is 3.30. The van der Waals surface area contributed by atoms with Gasteiger partial charge in [-0.05, 0) is 0 Å². The molecule has 1 nitrogen and oxygen atoms in total. The Labute approximate surface area is 77.3 Å². The van der Waals surface area contributed by atoms with Crippen LogP contribution in [0.5, 0.6) is 0 Å². The molecule has 0 spiro atoms. The summed E-state index contributed by atoms with van der Waals surface area (Å²) in [5.74, 6) is 0. The third kappa shape index (κ3) is 12.1. The fourth-order valence-electron chi connectivity index (χ4n) is 0.239. The van der Waals surface area contributed by atoms with Gasteiger partial charge >= 0.3 is 6.18 Å². The van der Waals surface area contributed by atoms with E-state index in [1.807, 2.05) is 0 Å². The second-order valence-electron chi connectivity index (χ2n) is 1.41. The molecule has 0 aromatic carbocycles. The number of halogens is 3. The average molecular weight is 215 g/mol. The summed E-state index contributed by atoms with van der Waals surface area (Å²) in [4.78, 5) is 0. The minimum atomic E-state index is -4.04. The Morgan fingerprint density at radius 1 is 1.33 bits per heavy atom. The molecule has 0 heterocycles. The molecule has 0 atom stereocenters. The number of hydrogen-bond acceptors (Lipinski definition) is 0. The van der Waals surface area contributed by atoms with Gasteiger partial charge in [0.25, 0.3) is 0 Å². The van der Waals surface area contributed by atoms with E-state index < -0.39 is 12.6 Å². The number of hydrogen-bond donors (Lipinski definition) is 0. The van der Waals surface area contributed by atoms with Crippen molar-refractivity contribution in [2.24, 2.45) is 0 Å². The van der Waals surface area contributed by atoms with Crippen LogP contribution in [0.15, 0.2) is 0 Å². The minimum absolute atomic E-state index is 0. The third-order valence-corrected chi connectivity index (χ3v) is 0.619. The normalized spacial score (nSPS) is 10.7. The van der Waals surface area contributed by atoms with Crippen molar-refractivity contribution in [3.63, 3.8) is 0 Å². The maximum atomic E-state index is 11.2. The number of alkyl halides is 3. The van der Waals surface area contributed by atoms with Gasteiger partial charge in [0.1, 0.15) is 0 Å². The molecule has 0 unspecified atom stereocenters. The quantitative estimate of drug-likeness (QED) is 0.668. The zero-order valence-electron chi connectivity index (χ0n) is 5.07. The van der Waals surface area contributed by atoms with Gasteiger partial charge in [0.05, 0.1) is 0 Å². The molecule has 0 aliphatic carbocycles. The molecule has 0 amide bonds. The Balaban J connectivity index is 0. The zero-order chi connectivity index (χ0) is 6.62. The van der Waals surface area contributed by atoms with Gasteiger partial charge in [0.2, 0.25) is 0 Å². The van der Waals surface area contributed by atoms with Crippen LogP contribution in [0.25, 0.3) is 5.32 Å². The maximum Gasteiger partial charge on any atom is 0.387 e. The Kier molecular flexibility index (Phi) is 7.83. The van der Waals surface area contributed by atoms with E-state index in [1.165, 1.54) is 7.05 Å². The SMILES string of the molecule is C[N-]CCC(F)(F)F.[Y]. The monoisotopic (exact) mass is 215 g/mol. The summed E-state index contributed by atoms with van der Waals surface area (Å²) in [5.41, 5.74) is 0. The predicted octanol–water partition coefficient (Wildman–Crippen LogP) is 1.94. The van der Waals surface area contributed by atoms with Crippen molar-refractivity contribution >= 4 is 0 Å². The van der Waals surface area contributed by atoms with Gasteiger partial charge in [-0.25, -0.2) is 0 Å². The molecule has 0 aliphatic rings. The Bertz CT molecular complexity index is 63.3. The zero-order valence-corrected chi connectivity index (χ0v) is 7.91. The van der Waals surface area contributed by atoms with E-state index in [0.29, 0.717) is 0 Å².